The quantitative estimate of drug-likeness (QED) is 0.307. The first-order valence-corrected chi connectivity index (χ1v) is 10.5. The fourth-order valence-electron chi connectivity index (χ4n) is 2.93. The Balaban J connectivity index is 1.76. The van der Waals surface area contributed by atoms with Gasteiger partial charge in [0.15, 0.2) is 11.9 Å². The van der Waals surface area contributed by atoms with E-state index in [-0.39, 0.29) is 27.4 Å². The number of anilines is 1. The second-order valence-corrected chi connectivity index (χ2v) is 7.95. The van der Waals surface area contributed by atoms with Gasteiger partial charge in [-0.05, 0) is 55.5 Å². The van der Waals surface area contributed by atoms with Crippen molar-refractivity contribution >= 4 is 46.5 Å². The van der Waals surface area contributed by atoms with E-state index in [1.807, 2.05) is 0 Å². The molecule has 1 amide bonds. The third kappa shape index (κ3) is 5.95. The molecule has 5 nitrogen and oxygen atoms in total. The molecule has 0 aromatic heterocycles. The van der Waals surface area contributed by atoms with Crippen molar-refractivity contribution in [3.8, 4) is 0 Å². The van der Waals surface area contributed by atoms with Crippen molar-refractivity contribution in [1.29, 1.82) is 0 Å². The van der Waals surface area contributed by atoms with Crippen molar-refractivity contribution in [1.82, 2.24) is 0 Å². The largest absolute Gasteiger partial charge is 0.449 e. The number of nitrogens with one attached hydrogen (secondary N) is 1. The Morgan fingerprint density at radius 3 is 2.15 bits per heavy atom. The summed E-state index contributed by atoms with van der Waals surface area (Å²) in [5.41, 5.74) is -1.05. The second kappa shape index (κ2) is 10.3. The number of hydrogen-bond acceptors (Lipinski definition) is 4. The van der Waals surface area contributed by atoms with Gasteiger partial charge in [-0.1, -0.05) is 41.4 Å². The monoisotopic (exact) mass is 509 g/mol. The highest BCUT2D eigenvalue weighted by Gasteiger charge is 2.31. The van der Waals surface area contributed by atoms with Crippen molar-refractivity contribution in [2.45, 2.75) is 19.2 Å². The van der Waals surface area contributed by atoms with Gasteiger partial charge in [-0.25, -0.2) is 4.79 Å². The molecule has 0 aliphatic carbocycles. The van der Waals surface area contributed by atoms with Gasteiger partial charge < -0.3 is 10.1 Å². The predicted octanol–water partition coefficient (Wildman–Crippen LogP) is 6.43. The van der Waals surface area contributed by atoms with Crippen molar-refractivity contribution in [3.63, 3.8) is 0 Å². The normalized spacial score (nSPS) is 12.1. The molecule has 0 spiro atoms. The molecule has 0 bridgehead atoms. The predicted molar refractivity (Wildman–Crippen MR) is 121 cm³/mol. The van der Waals surface area contributed by atoms with E-state index in [1.165, 1.54) is 49.4 Å². The Hall–Kier alpha value is -3.36. The van der Waals surface area contributed by atoms with Crippen LogP contribution < -0.4 is 5.32 Å². The zero-order valence-corrected chi connectivity index (χ0v) is 19.0. The molecule has 176 valence electrons. The molecule has 10 heteroatoms. The Kier molecular flexibility index (Phi) is 7.64. The molecule has 0 fully saturated rings. The SMILES string of the molecule is C[C@H](OC(=O)c1ccccc1C(=O)c1ccc(Cl)cc1)C(=O)Nc1cc(C(F)(F)F)ccc1Cl. The van der Waals surface area contributed by atoms with Crippen LogP contribution >= 0.6 is 23.2 Å². The van der Waals surface area contributed by atoms with Crippen LogP contribution in [0.3, 0.4) is 0 Å². The van der Waals surface area contributed by atoms with Crippen molar-refractivity contribution in [3.05, 3.63) is 99.0 Å². The van der Waals surface area contributed by atoms with Gasteiger partial charge in [0.2, 0.25) is 0 Å². The molecular weight excluding hydrogens is 494 g/mol. The minimum atomic E-state index is -4.64. The number of rotatable bonds is 6. The average molecular weight is 510 g/mol. The minimum absolute atomic E-state index is 0.0448. The Morgan fingerprint density at radius 2 is 1.53 bits per heavy atom. The molecule has 3 aromatic rings. The van der Waals surface area contributed by atoms with E-state index in [0.29, 0.717) is 11.1 Å². The standard InChI is InChI=1S/C24H16Cl2F3NO4/c1-13(22(32)30-20-12-15(24(27,28)29)8-11-19(20)26)34-23(33)18-5-3-2-4-17(18)21(31)14-6-9-16(25)10-7-14/h2-13H,1H3,(H,30,32)/t13-/m0/s1. The van der Waals surface area contributed by atoms with Gasteiger partial charge in [0.05, 0.1) is 21.8 Å². The first-order chi connectivity index (χ1) is 16.0. The highest BCUT2D eigenvalue weighted by atomic mass is 35.5. The van der Waals surface area contributed by atoms with Gasteiger partial charge in [-0.2, -0.15) is 13.2 Å². The summed E-state index contributed by atoms with van der Waals surface area (Å²) in [5.74, 6) is -2.33. The summed E-state index contributed by atoms with van der Waals surface area (Å²) < 4.78 is 44.0. The molecule has 0 unspecified atom stereocenters. The molecule has 1 N–H and O–H groups in total. The van der Waals surface area contributed by atoms with Gasteiger partial charge in [0.1, 0.15) is 0 Å². The van der Waals surface area contributed by atoms with Crippen LogP contribution in [0.4, 0.5) is 18.9 Å². The molecule has 0 radical (unpaired) electrons. The number of benzene rings is 3. The van der Waals surface area contributed by atoms with Crippen molar-refractivity contribution in [2.24, 2.45) is 0 Å². The molecular formula is C24H16Cl2F3NO4. The molecule has 34 heavy (non-hydrogen) atoms. The van der Waals surface area contributed by atoms with E-state index >= 15 is 0 Å². The lowest BCUT2D eigenvalue weighted by atomic mass is 9.98. The van der Waals surface area contributed by atoms with Gasteiger partial charge in [-0.3, -0.25) is 9.59 Å². The molecule has 0 aliphatic rings. The fourth-order valence-corrected chi connectivity index (χ4v) is 3.22. The van der Waals surface area contributed by atoms with E-state index in [1.54, 1.807) is 6.07 Å². The van der Waals surface area contributed by atoms with E-state index < -0.39 is 35.5 Å². The molecule has 3 rings (SSSR count). The van der Waals surface area contributed by atoms with E-state index in [9.17, 15) is 27.6 Å². The summed E-state index contributed by atoms with van der Waals surface area (Å²) in [7, 11) is 0. The number of ketones is 1. The molecule has 3 aromatic carbocycles. The number of carbonyl (C=O) groups excluding carboxylic acids is 3. The Bertz CT molecular complexity index is 1240. The molecule has 0 saturated heterocycles. The number of alkyl halides is 3. The van der Waals surface area contributed by atoms with Crippen LogP contribution in [0.25, 0.3) is 0 Å². The highest BCUT2D eigenvalue weighted by molar-refractivity contribution is 6.33. The second-order valence-electron chi connectivity index (χ2n) is 7.11. The van der Waals surface area contributed by atoms with Crippen molar-refractivity contribution < 1.29 is 32.3 Å². The Labute approximate surface area is 202 Å². The van der Waals surface area contributed by atoms with Gasteiger partial charge >= 0.3 is 12.1 Å². The van der Waals surface area contributed by atoms with E-state index in [4.69, 9.17) is 27.9 Å². The van der Waals surface area contributed by atoms with Gasteiger partial charge in [0.25, 0.3) is 5.91 Å². The number of carbonyl (C=O) groups is 3. The summed E-state index contributed by atoms with van der Waals surface area (Å²) in [6, 6.07) is 14.4. The fraction of sp³-hybridized carbons (Fsp3) is 0.125. The number of esters is 1. The number of hydrogen-bond donors (Lipinski definition) is 1. The van der Waals surface area contributed by atoms with E-state index in [2.05, 4.69) is 5.32 Å². The van der Waals surface area contributed by atoms with Crippen LogP contribution in [0.1, 0.15) is 38.8 Å². The zero-order valence-electron chi connectivity index (χ0n) is 17.5. The minimum Gasteiger partial charge on any atom is -0.449 e. The first kappa shape index (κ1) is 25.3. The van der Waals surface area contributed by atoms with Crippen LogP contribution in [0.15, 0.2) is 66.7 Å². The molecule has 0 aliphatic heterocycles. The lowest BCUT2D eigenvalue weighted by Gasteiger charge is -2.16. The number of ether oxygens (including phenoxy) is 1. The van der Waals surface area contributed by atoms with Crippen LogP contribution in [0.5, 0.6) is 0 Å². The lowest BCUT2D eigenvalue weighted by Crippen LogP contribution is -2.30. The number of halogens is 5. The third-order valence-corrected chi connectivity index (χ3v) is 5.28. The van der Waals surface area contributed by atoms with Crippen molar-refractivity contribution in [2.75, 3.05) is 5.32 Å². The van der Waals surface area contributed by atoms with Crippen LogP contribution in [0, 0.1) is 0 Å². The van der Waals surface area contributed by atoms with Crippen LogP contribution in [-0.2, 0) is 15.7 Å². The maximum atomic E-state index is 12.9. The lowest BCUT2D eigenvalue weighted by molar-refractivity contribution is -0.137. The third-order valence-electron chi connectivity index (χ3n) is 4.70. The van der Waals surface area contributed by atoms with Gasteiger partial charge in [-0.15, -0.1) is 0 Å². The van der Waals surface area contributed by atoms with E-state index in [0.717, 1.165) is 12.1 Å². The van der Waals surface area contributed by atoms with Crippen LogP contribution in [-0.4, -0.2) is 23.8 Å². The first-order valence-electron chi connectivity index (χ1n) is 9.75. The summed E-state index contributed by atoms with van der Waals surface area (Å²) in [6.45, 7) is 1.23. The molecule has 1 atom stereocenters. The van der Waals surface area contributed by atoms with Crippen LogP contribution in [0.2, 0.25) is 10.0 Å². The maximum Gasteiger partial charge on any atom is 0.416 e. The average Bonchev–Trinajstić information content (AvgIpc) is 2.79. The summed E-state index contributed by atoms with van der Waals surface area (Å²) in [6.07, 6.45) is -6.04. The summed E-state index contributed by atoms with van der Waals surface area (Å²) in [5, 5.41) is 2.53. The highest BCUT2D eigenvalue weighted by Crippen LogP contribution is 2.34. The summed E-state index contributed by atoms with van der Waals surface area (Å²) >= 11 is 11.7. The topological polar surface area (TPSA) is 72.5 Å². The Morgan fingerprint density at radius 1 is 0.912 bits per heavy atom. The molecule has 0 heterocycles. The van der Waals surface area contributed by atoms with Gasteiger partial charge in [0, 0.05) is 16.1 Å². The maximum absolute atomic E-state index is 12.9. The number of amides is 1. The smallest absolute Gasteiger partial charge is 0.416 e. The summed E-state index contributed by atoms with van der Waals surface area (Å²) in [4.78, 5) is 38.0. The zero-order chi connectivity index (χ0) is 25.0. The molecule has 0 saturated carbocycles.